The summed E-state index contributed by atoms with van der Waals surface area (Å²) in [5, 5.41) is 14.2. The third-order valence-electron chi connectivity index (χ3n) is 7.94. The van der Waals surface area contributed by atoms with Gasteiger partial charge in [0.05, 0.1) is 21.8 Å². The summed E-state index contributed by atoms with van der Waals surface area (Å²) in [5.41, 5.74) is 5.49. The Morgan fingerprint density at radius 2 is 1.52 bits per heavy atom. The van der Waals surface area contributed by atoms with Crippen molar-refractivity contribution >= 4 is 29.3 Å². The Labute approximate surface area is 268 Å². The van der Waals surface area contributed by atoms with Gasteiger partial charge in [0.2, 0.25) is 0 Å². The molecule has 0 N–H and O–H groups in total. The number of benzene rings is 4. The number of hydrogen-bond donors (Lipinski definition) is 0. The van der Waals surface area contributed by atoms with E-state index in [1.165, 1.54) is 5.56 Å². The van der Waals surface area contributed by atoms with E-state index in [0.717, 1.165) is 60.9 Å². The monoisotopic (exact) mass is 624 g/mol. The lowest BCUT2D eigenvalue weighted by Gasteiger charge is -2.38. The number of hydrogen-bond acceptors (Lipinski definition) is 6. The molecular formula is C35H34Cl2N6O. The molecular weight excluding hydrogens is 591 g/mol. The zero-order valence-electron chi connectivity index (χ0n) is 24.8. The molecule has 0 unspecified atom stereocenters. The molecule has 1 aliphatic heterocycles. The molecule has 6 rings (SSSR count). The molecule has 0 radical (unpaired) electrons. The van der Waals surface area contributed by atoms with Crippen LogP contribution in [-0.2, 0) is 0 Å². The van der Waals surface area contributed by atoms with E-state index in [-0.39, 0.29) is 6.04 Å². The van der Waals surface area contributed by atoms with Gasteiger partial charge in [-0.15, -0.1) is 5.10 Å². The SMILES string of the molecule is Cc1cccc(C)c1-n1nnnc1[C@@H](c1cccc(Oc2ccc(Cl)c(Cl)c2)c1)N1CCN(CC=Cc2ccccc2)CC1. The molecule has 1 saturated heterocycles. The lowest BCUT2D eigenvalue weighted by Crippen LogP contribution is -2.48. The first-order valence-electron chi connectivity index (χ1n) is 14.7. The Bertz CT molecular complexity index is 1730. The van der Waals surface area contributed by atoms with E-state index >= 15 is 0 Å². The summed E-state index contributed by atoms with van der Waals surface area (Å²) >= 11 is 12.4. The maximum atomic E-state index is 6.25. The lowest BCUT2D eigenvalue weighted by atomic mass is 10.0. The molecule has 2 heterocycles. The molecule has 0 aliphatic carbocycles. The predicted octanol–water partition coefficient (Wildman–Crippen LogP) is 7.80. The van der Waals surface area contributed by atoms with Crippen molar-refractivity contribution in [3.05, 3.63) is 135 Å². The van der Waals surface area contributed by atoms with Crippen molar-refractivity contribution < 1.29 is 4.74 Å². The quantitative estimate of drug-likeness (QED) is 0.167. The highest BCUT2D eigenvalue weighted by Crippen LogP contribution is 2.35. The molecule has 44 heavy (non-hydrogen) atoms. The van der Waals surface area contributed by atoms with Gasteiger partial charge >= 0.3 is 0 Å². The molecule has 1 fully saturated rings. The van der Waals surface area contributed by atoms with Crippen molar-refractivity contribution in [3.8, 4) is 17.2 Å². The molecule has 1 aliphatic rings. The Morgan fingerprint density at radius 1 is 0.795 bits per heavy atom. The highest BCUT2D eigenvalue weighted by molar-refractivity contribution is 6.42. The number of piperazine rings is 1. The second-order valence-electron chi connectivity index (χ2n) is 11.0. The van der Waals surface area contributed by atoms with Crippen molar-refractivity contribution in [1.29, 1.82) is 0 Å². The van der Waals surface area contributed by atoms with Crippen LogP contribution in [0.25, 0.3) is 11.8 Å². The molecule has 0 spiro atoms. The van der Waals surface area contributed by atoms with Gasteiger partial charge in [0.1, 0.15) is 11.5 Å². The van der Waals surface area contributed by atoms with Crippen LogP contribution in [0.3, 0.4) is 0 Å². The molecule has 7 nitrogen and oxygen atoms in total. The van der Waals surface area contributed by atoms with Crippen molar-refractivity contribution in [3.63, 3.8) is 0 Å². The van der Waals surface area contributed by atoms with Crippen LogP contribution in [0.5, 0.6) is 11.5 Å². The summed E-state index contributed by atoms with van der Waals surface area (Å²) in [7, 11) is 0. The first-order chi connectivity index (χ1) is 21.5. The number of para-hydroxylation sites is 1. The fourth-order valence-corrected chi connectivity index (χ4v) is 6.01. The Hall–Kier alpha value is -4.01. The zero-order chi connectivity index (χ0) is 30.5. The minimum absolute atomic E-state index is 0.191. The van der Waals surface area contributed by atoms with Crippen LogP contribution in [0.1, 0.15) is 34.1 Å². The van der Waals surface area contributed by atoms with Gasteiger partial charge in [0.15, 0.2) is 5.82 Å². The molecule has 4 aromatic carbocycles. The molecule has 0 amide bonds. The molecule has 5 aromatic rings. The second-order valence-corrected chi connectivity index (χ2v) is 11.8. The van der Waals surface area contributed by atoms with E-state index in [1.54, 1.807) is 12.1 Å². The van der Waals surface area contributed by atoms with E-state index < -0.39 is 0 Å². The highest BCUT2D eigenvalue weighted by Gasteiger charge is 2.31. The fourth-order valence-electron chi connectivity index (χ4n) is 5.72. The van der Waals surface area contributed by atoms with Crippen molar-refractivity contribution in [1.82, 2.24) is 30.0 Å². The van der Waals surface area contributed by atoms with Crippen LogP contribution in [0.2, 0.25) is 10.0 Å². The van der Waals surface area contributed by atoms with Crippen molar-refractivity contribution in [2.45, 2.75) is 19.9 Å². The molecule has 0 bridgehead atoms. The maximum Gasteiger partial charge on any atom is 0.178 e. The molecule has 9 heteroatoms. The summed E-state index contributed by atoms with van der Waals surface area (Å²) in [4.78, 5) is 4.94. The van der Waals surface area contributed by atoms with E-state index in [1.807, 2.05) is 28.9 Å². The van der Waals surface area contributed by atoms with Gasteiger partial charge in [-0.05, 0) is 70.8 Å². The van der Waals surface area contributed by atoms with Crippen LogP contribution in [-0.4, -0.2) is 62.7 Å². The van der Waals surface area contributed by atoms with Crippen molar-refractivity contribution in [2.75, 3.05) is 32.7 Å². The number of nitrogens with zero attached hydrogens (tertiary/aromatic N) is 6. The number of aromatic nitrogens is 4. The average Bonchev–Trinajstić information content (AvgIpc) is 3.49. The normalized spacial score (nSPS) is 15.1. The largest absolute Gasteiger partial charge is 0.457 e. The van der Waals surface area contributed by atoms with Crippen LogP contribution < -0.4 is 4.74 Å². The zero-order valence-corrected chi connectivity index (χ0v) is 26.3. The lowest BCUT2D eigenvalue weighted by molar-refractivity contribution is 0.113. The number of ether oxygens (including phenoxy) is 1. The van der Waals surface area contributed by atoms with Crippen LogP contribution in [0.15, 0.2) is 97.1 Å². The first-order valence-corrected chi connectivity index (χ1v) is 15.5. The predicted molar refractivity (Wildman–Crippen MR) is 177 cm³/mol. The Kier molecular flexibility index (Phi) is 9.38. The summed E-state index contributed by atoms with van der Waals surface area (Å²) < 4.78 is 8.12. The number of halogens is 2. The summed E-state index contributed by atoms with van der Waals surface area (Å²) in [6, 6.07) is 29.9. The number of rotatable bonds is 9. The fraction of sp³-hybridized carbons (Fsp3) is 0.229. The summed E-state index contributed by atoms with van der Waals surface area (Å²) in [5.74, 6) is 2.08. The van der Waals surface area contributed by atoms with Gasteiger partial charge in [-0.1, -0.05) is 96.0 Å². The standard InChI is InChI=1S/C35H34Cl2N6O/c1-25-9-6-10-26(2)33(25)43-35(38-39-40-43)34(28-14-7-15-29(23-28)44-30-16-17-31(36)32(37)24-30)42-21-19-41(20-22-42)18-8-13-27-11-4-3-5-12-27/h3-17,23-24,34H,18-22H2,1-2H3/t34-/m1/s1. The van der Waals surface area contributed by atoms with Crippen LogP contribution in [0, 0.1) is 13.8 Å². The van der Waals surface area contributed by atoms with E-state index in [9.17, 15) is 0 Å². The van der Waals surface area contributed by atoms with Gasteiger partial charge < -0.3 is 4.74 Å². The van der Waals surface area contributed by atoms with Gasteiger partial charge in [0.25, 0.3) is 0 Å². The van der Waals surface area contributed by atoms with Gasteiger partial charge in [-0.2, -0.15) is 4.68 Å². The molecule has 224 valence electrons. The third-order valence-corrected chi connectivity index (χ3v) is 8.67. The number of tetrazole rings is 1. The third kappa shape index (κ3) is 6.87. The summed E-state index contributed by atoms with van der Waals surface area (Å²) in [6.07, 6.45) is 4.43. The minimum Gasteiger partial charge on any atom is -0.457 e. The van der Waals surface area contributed by atoms with E-state index in [0.29, 0.717) is 21.5 Å². The Balaban J connectivity index is 1.29. The van der Waals surface area contributed by atoms with Gasteiger partial charge in [0, 0.05) is 38.8 Å². The van der Waals surface area contributed by atoms with Gasteiger partial charge in [-0.25, -0.2) is 0 Å². The Morgan fingerprint density at radius 3 is 2.27 bits per heavy atom. The first kappa shape index (κ1) is 30.0. The van der Waals surface area contributed by atoms with Crippen LogP contribution in [0.4, 0.5) is 0 Å². The molecule has 1 aromatic heterocycles. The second kappa shape index (κ2) is 13.7. The smallest absolute Gasteiger partial charge is 0.178 e. The summed E-state index contributed by atoms with van der Waals surface area (Å²) in [6.45, 7) is 8.68. The minimum atomic E-state index is -0.191. The number of aryl methyl sites for hydroxylation is 2. The van der Waals surface area contributed by atoms with E-state index in [2.05, 4.69) is 106 Å². The van der Waals surface area contributed by atoms with Crippen molar-refractivity contribution in [2.24, 2.45) is 0 Å². The van der Waals surface area contributed by atoms with Gasteiger partial charge in [-0.3, -0.25) is 9.80 Å². The topological polar surface area (TPSA) is 59.3 Å². The van der Waals surface area contributed by atoms with Crippen LogP contribution >= 0.6 is 23.2 Å². The maximum absolute atomic E-state index is 6.25. The average molecular weight is 626 g/mol. The molecule has 1 atom stereocenters. The molecule has 0 saturated carbocycles. The van der Waals surface area contributed by atoms with E-state index in [4.69, 9.17) is 27.9 Å². The highest BCUT2D eigenvalue weighted by atomic mass is 35.5.